The van der Waals surface area contributed by atoms with E-state index in [-0.39, 0.29) is 6.10 Å². The molecule has 2 fully saturated rings. The van der Waals surface area contributed by atoms with Crippen molar-refractivity contribution < 1.29 is 9.47 Å². The minimum Gasteiger partial charge on any atom is -0.379 e. The average Bonchev–Trinajstić information content (AvgIpc) is 3.28. The summed E-state index contributed by atoms with van der Waals surface area (Å²) in [4.78, 5) is 13.3. The Balaban J connectivity index is 1.32. The predicted molar refractivity (Wildman–Crippen MR) is 92.2 cm³/mol. The molecule has 0 aromatic carbocycles. The molecule has 0 amide bonds. The first-order valence-electron chi connectivity index (χ1n) is 8.21. The molecule has 0 saturated carbocycles. The summed E-state index contributed by atoms with van der Waals surface area (Å²) in [5, 5.41) is 3.10. The van der Waals surface area contributed by atoms with Gasteiger partial charge in [-0.2, -0.15) is 0 Å². The highest BCUT2D eigenvalue weighted by Crippen LogP contribution is 2.18. The van der Waals surface area contributed by atoms with Crippen LogP contribution in [0, 0.1) is 0 Å². The van der Waals surface area contributed by atoms with Gasteiger partial charge in [-0.05, 0) is 12.8 Å². The topological polar surface area (TPSA) is 76.2 Å². The highest BCUT2D eigenvalue weighted by Gasteiger charge is 2.19. The second-order valence-corrected chi connectivity index (χ2v) is 6.61. The van der Waals surface area contributed by atoms with Crippen molar-refractivity contribution in [2.75, 3.05) is 57.4 Å². The lowest BCUT2D eigenvalue weighted by molar-refractivity contribution is 0.0424. The Morgan fingerprint density at radius 2 is 2.30 bits per heavy atom. The molecular formula is C15H25N5O2S. The number of aromatic nitrogens is 1. The van der Waals surface area contributed by atoms with E-state index in [1.165, 1.54) is 0 Å². The Bertz CT molecular complexity index is 482. The van der Waals surface area contributed by atoms with Crippen molar-refractivity contribution in [2.24, 2.45) is 10.7 Å². The number of nitrogens with two attached hydrogens (primary N) is 1. The van der Waals surface area contributed by atoms with Crippen LogP contribution < -0.4 is 10.6 Å². The second-order valence-electron chi connectivity index (χ2n) is 5.74. The number of thiazole rings is 1. The van der Waals surface area contributed by atoms with E-state index in [1.807, 2.05) is 11.6 Å². The fourth-order valence-electron chi connectivity index (χ4n) is 2.75. The summed E-state index contributed by atoms with van der Waals surface area (Å²) in [6.07, 6.45) is 4.03. The molecule has 0 spiro atoms. The molecule has 3 rings (SSSR count). The summed E-state index contributed by atoms with van der Waals surface area (Å²) < 4.78 is 11.0. The van der Waals surface area contributed by atoms with E-state index in [0.717, 1.165) is 64.0 Å². The molecule has 2 aliphatic heterocycles. The van der Waals surface area contributed by atoms with Gasteiger partial charge in [0.2, 0.25) is 0 Å². The quantitative estimate of drug-likeness (QED) is 0.469. The van der Waals surface area contributed by atoms with Gasteiger partial charge in [0.1, 0.15) is 0 Å². The van der Waals surface area contributed by atoms with Crippen LogP contribution in [0.2, 0.25) is 0 Å². The third-order valence-corrected chi connectivity index (χ3v) is 4.94. The number of hydrogen-bond donors (Lipinski definition) is 1. The molecule has 2 N–H and O–H groups in total. The zero-order valence-electron chi connectivity index (χ0n) is 13.4. The molecule has 2 aliphatic rings. The molecule has 1 aromatic rings. The zero-order chi connectivity index (χ0) is 15.9. The molecule has 3 heterocycles. The van der Waals surface area contributed by atoms with Gasteiger partial charge >= 0.3 is 0 Å². The summed E-state index contributed by atoms with van der Waals surface area (Å²) in [6.45, 7) is 6.66. The van der Waals surface area contributed by atoms with Gasteiger partial charge in [0, 0.05) is 57.5 Å². The van der Waals surface area contributed by atoms with Crippen molar-refractivity contribution in [1.82, 2.24) is 9.88 Å². The predicted octanol–water partition coefficient (Wildman–Crippen LogP) is 0.775. The molecule has 2 saturated heterocycles. The molecule has 0 bridgehead atoms. The third kappa shape index (κ3) is 4.79. The van der Waals surface area contributed by atoms with Crippen molar-refractivity contribution >= 4 is 22.4 Å². The standard InChI is InChI=1S/C15H25N5O2S/c16-14(17-3-1-9-22-13-2-10-21-12-13)19-5-7-20(8-6-19)15-18-4-11-23-15/h4,11,13H,1-3,5-10,12H2,(H2,16,17). The Morgan fingerprint density at radius 3 is 3.00 bits per heavy atom. The zero-order valence-corrected chi connectivity index (χ0v) is 14.2. The number of ether oxygens (including phenoxy) is 2. The molecule has 128 valence electrons. The Labute approximate surface area is 141 Å². The van der Waals surface area contributed by atoms with Crippen molar-refractivity contribution in [1.29, 1.82) is 0 Å². The number of nitrogens with zero attached hydrogens (tertiary/aromatic N) is 4. The van der Waals surface area contributed by atoms with E-state index in [4.69, 9.17) is 15.2 Å². The van der Waals surface area contributed by atoms with Crippen LogP contribution in [0.3, 0.4) is 0 Å². The highest BCUT2D eigenvalue weighted by molar-refractivity contribution is 7.13. The van der Waals surface area contributed by atoms with Crippen molar-refractivity contribution in [2.45, 2.75) is 18.9 Å². The van der Waals surface area contributed by atoms with Crippen LogP contribution in [0.1, 0.15) is 12.8 Å². The largest absolute Gasteiger partial charge is 0.379 e. The molecular weight excluding hydrogens is 314 g/mol. The van der Waals surface area contributed by atoms with Gasteiger partial charge in [-0.3, -0.25) is 4.99 Å². The summed E-state index contributed by atoms with van der Waals surface area (Å²) in [5.41, 5.74) is 6.10. The average molecular weight is 339 g/mol. The van der Waals surface area contributed by atoms with Crippen molar-refractivity contribution in [3.8, 4) is 0 Å². The highest BCUT2D eigenvalue weighted by atomic mass is 32.1. The first-order chi connectivity index (χ1) is 11.3. The summed E-state index contributed by atoms with van der Waals surface area (Å²) in [5.74, 6) is 0.646. The molecule has 1 aromatic heterocycles. The Kier molecular flexibility index (Phi) is 6.06. The molecule has 0 radical (unpaired) electrons. The third-order valence-electron chi connectivity index (χ3n) is 4.11. The van der Waals surface area contributed by atoms with E-state index in [0.29, 0.717) is 12.5 Å². The lowest BCUT2D eigenvalue weighted by Gasteiger charge is -2.35. The van der Waals surface area contributed by atoms with E-state index in [1.54, 1.807) is 11.3 Å². The molecule has 1 unspecified atom stereocenters. The van der Waals surface area contributed by atoms with Crippen LogP contribution >= 0.6 is 11.3 Å². The lowest BCUT2D eigenvalue weighted by Crippen LogP contribution is -2.51. The van der Waals surface area contributed by atoms with E-state index in [9.17, 15) is 0 Å². The number of aliphatic imine (C=N–C) groups is 1. The lowest BCUT2D eigenvalue weighted by atomic mass is 10.3. The summed E-state index contributed by atoms with van der Waals surface area (Å²) in [7, 11) is 0. The van der Waals surface area contributed by atoms with Crippen LogP contribution in [-0.4, -0.2) is 74.5 Å². The maximum absolute atomic E-state index is 6.10. The minimum absolute atomic E-state index is 0.273. The first-order valence-corrected chi connectivity index (χ1v) is 9.09. The van der Waals surface area contributed by atoms with Gasteiger partial charge in [-0.15, -0.1) is 11.3 Å². The van der Waals surface area contributed by atoms with Gasteiger partial charge in [0.25, 0.3) is 0 Å². The summed E-state index contributed by atoms with van der Waals surface area (Å²) in [6, 6.07) is 0. The number of guanidine groups is 1. The van der Waals surface area contributed by atoms with E-state index >= 15 is 0 Å². The fraction of sp³-hybridized carbons (Fsp3) is 0.733. The van der Waals surface area contributed by atoms with Crippen molar-refractivity contribution in [3.05, 3.63) is 11.6 Å². The smallest absolute Gasteiger partial charge is 0.191 e. The number of piperazine rings is 1. The van der Waals surface area contributed by atoms with Gasteiger partial charge in [0.15, 0.2) is 11.1 Å². The van der Waals surface area contributed by atoms with E-state index < -0.39 is 0 Å². The molecule has 1 atom stereocenters. The maximum Gasteiger partial charge on any atom is 0.191 e. The summed E-state index contributed by atoms with van der Waals surface area (Å²) >= 11 is 1.68. The number of anilines is 1. The molecule has 0 aliphatic carbocycles. The Morgan fingerprint density at radius 1 is 1.43 bits per heavy atom. The van der Waals surface area contributed by atoms with Gasteiger partial charge in [-0.25, -0.2) is 4.98 Å². The maximum atomic E-state index is 6.10. The van der Waals surface area contributed by atoms with Gasteiger partial charge < -0.3 is 25.0 Å². The van der Waals surface area contributed by atoms with E-state index in [2.05, 4.69) is 19.8 Å². The SMILES string of the molecule is NC(=NCCCOC1CCOC1)N1CCN(c2nccs2)CC1. The molecule has 8 heteroatoms. The second kappa shape index (κ2) is 8.47. The van der Waals surface area contributed by atoms with Crippen LogP contribution in [0.4, 0.5) is 5.13 Å². The van der Waals surface area contributed by atoms with Gasteiger partial charge in [0.05, 0.1) is 12.7 Å². The Hall–Kier alpha value is -1.38. The minimum atomic E-state index is 0.273. The molecule has 7 nitrogen and oxygen atoms in total. The van der Waals surface area contributed by atoms with Crippen LogP contribution in [0.25, 0.3) is 0 Å². The van der Waals surface area contributed by atoms with Crippen LogP contribution in [-0.2, 0) is 9.47 Å². The number of rotatable bonds is 6. The monoisotopic (exact) mass is 339 g/mol. The van der Waals surface area contributed by atoms with Crippen LogP contribution in [0.15, 0.2) is 16.6 Å². The van der Waals surface area contributed by atoms with Crippen molar-refractivity contribution in [3.63, 3.8) is 0 Å². The normalized spacial score (nSPS) is 22.8. The van der Waals surface area contributed by atoms with Crippen LogP contribution in [0.5, 0.6) is 0 Å². The van der Waals surface area contributed by atoms with Gasteiger partial charge in [-0.1, -0.05) is 0 Å². The molecule has 23 heavy (non-hydrogen) atoms. The first kappa shape index (κ1) is 16.5. The fourth-order valence-corrected chi connectivity index (χ4v) is 3.45. The number of hydrogen-bond acceptors (Lipinski definition) is 6.